The molecule has 5 nitrogen and oxygen atoms in total. The van der Waals surface area contributed by atoms with E-state index in [1.54, 1.807) is 17.5 Å². The number of nitrogens with zero attached hydrogens (tertiary/aromatic N) is 3. The molecule has 4 rings (SSSR count). The standard InChI is InChI=1S/C24H28N4OS/c1-16-7-9-18(10-8-16)24(3,4)22(29)28-12-5-6-21(28)20-15-19(14-17(2)26-20)27-23-25-11-13-30-23/h7-11,13-15,21H,5-6,12H2,1-4H3,(H,25,26,27). The SMILES string of the molecule is Cc1ccc(C(C)(C)C(=O)N2CCCC2c2cc(Nc3nccs3)cc(C)n2)cc1. The molecule has 3 aromatic rings. The van der Waals surface area contributed by atoms with Gasteiger partial charge in [-0.3, -0.25) is 9.78 Å². The van der Waals surface area contributed by atoms with Gasteiger partial charge in [-0.25, -0.2) is 4.98 Å². The molecular formula is C24H28N4OS. The minimum Gasteiger partial charge on any atom is -0.333 e. The Bertz CT molecular complexity index is 1030. The van der Waals surface area contributed by atoms with Crippen LogP contribution in [0, 0.1) is 13.8 Å². The van der Waals surface area contributed by atoms with Crippen molar-refractivity contribution >= 4 is 28.1 Å². The van der Waals surface area contributed by atoms with E-state index in [1.807, 2.05) is 37.1 Å². The minimum atomic E-state index is -0.581. The molecule has 1 saturated heterocycles. The summed E-state index contributed by atoms with van der Waals surface area (Å²) < 4.78 is 0. The van der Waals surface area contributed by atoms with Crippen molar-refractivity contribution in [1.29, 1.82) is 0 Å². The fourth-order valence-corrected chi connectivity index (χ4v) is 4.66. The first-order valence-corrected chi connectivity index (χ1v) is 11.3. The summed E-state index contributed by atoms with van der Waals surface area (Å²) in [6.45, 7) is 8.87. The van der Waals surface area contributed by atoms with Gasteiger partial charge in [-0.15, -0.1) is 11.3 Å². The van der Waals surface area contributed by atoms with Crippen LogP contribution in [0.25, 0.3) is 0 Å². The zero-order chi connectivity index (χ0) is 21.3. The van der Waals surface area contributed by atoms with Crippen LogP contribution in [0.1, 0.15) is 55.2 Å². The van der Waals surface area contributed by atoms with E-state index in [0.717, 1.165) is 47.2 Å². The predicted octanol–water partition coefficient (Wildman–Crippen LogP) is 5.54. The summed E-state index contributed by atoms with van der Waals surface area (Å²) in [4.78, 5) is 24.8. The Hall–Kier alpha value is -2.73. The number of amides is 1. The molecular weight excluding hydrogens is 392 g/mol. The molecule has 1 N–H and O–H groups in total. The fourth-order valence-electron chi connectivity index (χ4n) is 4.12. The Balaban J connectivity index is 1.61. The zero-order valence-electron chi connectivity index (χ0n) is 18.0. The van der Waals surface area contributed by atoms with Gasteiger partial charge < -0.3 is 10.2 Å². The summed E-state index contributed by atoms with van der Waals surface area (Å²) in [7, 11) is 0. The van der Waals surface area contributed by atoms with Crippen LogP contribution in [-0.4, -0.2) is 27.3 Å². The Morgan fingerprint density at radius 2 is 1.97 bits per heavy atom. The van der Waals surface area contributed by atoms with Crippen molar-refractivity contribution in [3.05, 3.63) is 70.5 Å². The lowest BCUT2D eigenvalue weighted by molar-refractivity contribution is -0.137. The number of anilines is 2. The number of pyridine rings is 1. The molecule has 1 fully saturated rings. The number of hydrogen-bond acceptors (Lipinski definition) is 5. The first-order valence-electron chi connectivity index (χ1n) is 10.4. The summed E-state index contributed by atoms with van der Waals surface area (Å²) in [6.07, 6.45) is 3.71. The highest BCUT2D eigenvalue weighted by atomic mass is 32.1. The van der Waals surface area contributed by atoms with E-state index in [1.165, 1.54) is 5.56 Å². The Labute approximate surface area is 182 Å². The molecule has 0 aliphatic carbocycles. The second-order valence-electron chi connectivity index (χ2n) is 8.53. The third-order valence-corrected chi connectivity index (χ3v) is 6.51. The van der Waals surface area contributed by atoms with Crippen molar-refractivity contribution in [3.8, 4) is 0 Å². The number of hydrogen-bond donors (Lipinski definition) is 1. The molecule has 0 saturated carbocycles. The molecule has 1 aromatic carbocycles. The number of aryl methyl sites for hydroxylation is 2. The Morgan fingerprint density at radius 1 is 1.20 bits per heavy atom. The molecule has 6 heteroatoms. The van der Waals surface area contributed by atoms with E-state index in [2.05, 4.69) is 47.6 Å². The van der Waals surface area contributed by atoms with E-state index in [4.69, 9.17) is 4.98 Å². The molecule has 1 aliphatic rings. The molecule has 1 unspecified atom stereocenters. The quantitative estimate of drug-likeness (QED) is 0.589. The van der Waals surface area contributed by atoms with Crippen molar-refractivity contribution in [1.82, 2.24) is 14.9 Å². The predicted molar refractivity (Wildman–Crippen MR) is 122 cm³/mol. The molecule has 1 amide bonds. The van der Waals surface area contributed by atoms with Crippen LogP contribution in [0.4, 0.5) is 10.8 Å². The van der Waals surface area contributed by atoms with Crippen LogP contribution >= 0.6 is 11.3 Å². The van der Waals surface area contributed by atoms with E-state index < -0.39 is 5.41 Å². The van der Waals surface area contributed by atoms with Gasteiger partial charge in [0.1, 0.15) is 0 Å². The third-order valence-electron chi connectivity index (χ3n) is 5.82. The molecule has 1 atom stereocenters. The summed E-state index contributed by atoms with van der Waals surface area (Å²) in [5, 5.41) is 6.16. The average Bonchev–Trinajstić information content (AvgIpc) is 3.39. The number of rotatable bonds is 5. The largest absolute Gasteiger partial charge is 0.333 e. The van der Waals surface area contributed by atoms with Crippen molar-refractivity contribution in [2.75, 3.05) is 11.9 Å². The van der Waals surface area contributed by atoms with E-state index in [0.29, 0.717) is 0 Å². The van der Waals surface area contributed by atoms with E-state index >= 15 is 0 Å². The van der Waals surface area contributed by atoms with Gasteiger partial charge in [-0.1, -0.05) is 29.8 Å². The topological polar surface area (TPSA) is 58.1 Å². The highest BCUT2D eigenvalue weighted by molar-refractivity contribution is 7.13. The fraction of sp³-hybridized carbons (Fsp3) is 0.375. The van der Waals surface area contributed by atoms with Gasteiger partial charge in [-0.2, -0.15) is 0 Å². The van der Waals surface area contributed by atoms with Crippen molar-refractivity contribution in [3.63, 3.8) is 0 Å². The first-order chi connectivity index (χ1) is 14.3. The molecule has 0 spiro atoms. The number of carbonyl (C=O) groups is 1. The summed E-state index contributed by atoms with van der Waals surface area (Å²) in [5.41, 5.74) is 4.51. The number of nitrogens with one attached hydrogen (secondary N) is 1. The average molecular weight is 421 g/mol. The lowest BCUT2D eigenvalue weighted by atomic mass is 9.82. The molecule has 0 bridgehead atoms. The van der Waals surface area contributed by atoms with E-state index in [-0.39, 0.29) is 11.9 Å². The number of carbonyl (C=O) groups excluding carboxylic acids is 1. The second kappa shape index (κ2) is 8.19. The van der Waals surface area contributed by atoms with Gasteiger partial charge in [0, 0.05) is 29.5 Å². The van der Waals surface area contributed by atoms with Crippen LogP contribution in [0.2, 0.25) is 0 Å². The summed E-state index contributed by atoms with van der Waals surface area (Å²) in [6, 6.07) is 12.4. The van der Waals surface area contributed by atoms with Crippen LogP contribution in [0.5, 0.6) is 0 Å². The van der Waals surface area contributed by atoms with Crippen LogP contribution < -0.4 is 5.32 Å². The van der Waals surface area contributed by atoms with Crippen molar-refractivity contribution in [2.45, 2.75) is 52.0 Å². The lowest BCUT2D eigenvalue weighted by Crippen LogP contribution is -2.43. The normalized spacial score (nSPS) is 16.7. The third kappa shape index (κ3) is 4.10. The maximum absolute atomic E-state index is 13.6. The molecule has 0 radical (unpaired) electrons. The first kappa shape index (κ1) is 20.5. The smallest absolute Gasteiger partial charge is 0.233 e. The minimum absolute atomic E-state index is 0.000955. The molecule has 30 heavy (non-hydrogen) atoms. The monoisotopic (exact) mass is 420 g/mol. The van der Waals surface area contributed by atoms with Gasteiger partial charge in [0.25, 0.3) is 0 Å². The lowest BCUT2D eigenvalue weighted by Gasteiger charge is -2.33. The van der Waals surface area contributed by atoms with Gasteiger partial charge in [0.2, 0.25) is 5.91 Å². The molecule has 156 valence electrons. The number of thiazole rings is 1. The number of benzene rings is 1. The van der Waals surface area contributed by atoms with Crippen molar-refractivity contribution in [2.24, 2.45) is 0 Å². The summed E-state index contributed by atoms with van der Waals surface area (Å²) >= 11 is 1.56. The van der Waals surface area contributed by atoms with Crippen molar-refractivity contribution < 1.29 is 4.79 Å². The van der Waals surface area contributed by atoms with Crippen LogP contribution in [0.15, 0.2) is 48.0 Å². The highest BCUT2D eigenvalue weighted by Crippen LogP contribution is 2.37. The second-order valence-corrected chi connectivity index (χ2v) is 9.43. The van der Waals surface area contributed by atoms with Gasteiger partial charge in [0.15, 0.2) is 5.13 Å². The van der Waals surface area contributed by atoms with Gasteiger partial charge in [-0.05, 0) is 58.2 Å². The number of aromatic nitrogens is 2. The maximum Gasteiger partial charge on any atom is 0.233 e. The Morgan fingerprint density at radius 3 is 2.67 bits per heavy atom. The van der Waals surface area contributed by atoms with Gasteiger partial charge in [0.05, 0.1) is 17.2 Å². The molecule has 1 aliphatic heterocycles. The Kier molecular flexibility index (Phi) is 5.60. The van der Waals surface area contributed by atoms with Crippen LogP contribution in [-0.2, 0) is 10.2 Å². The summed E-state index contributed by atoms with van der Waals surface area (Å²) in [5.74, 6) is 0.159. The maximum atomic E-state index is 13.6. The molecule has 3 heterocycles. The molecule has 2 aromatic heterocycles. The van der Waals surface area contributed by atoms with Crippen LogP contribution in [0.3, 0.4) is 0 Å². The van der Waals surface area contributed by atoms with Gasteiger partial charge >= 0.3 is 0 Å². The van der Waals surface area contributed by atoms with E-state index in [9.17, 15) is 4.79 Å². The highest BCUT2D eigenvalue weighted by Gasteiger charge is 2.40. The number of likely N-dealkylation sites (tertiary alicyclic amines) is 1. The zero-order valence-corrected chi connectivity index (χ0v) is 18.8.